The smallest absolute Gasteiger partial charge is 0.165 e. The normalized spacial score (nSPS) is 10.7. The van der Waals surface area contributed by atoms with Gasteiger partial charge in [-0.1, -0.05) is 12.1 Å². The highest BCUT2D eigenvalue weighted by molar-refractivity contribution is 6.02. The minimum atomic E-state index is 0.321. The van der Waals surface area contributed by atoms with Crippen LogP contribution in [0.3, 0.4) is 0 Å². The van der Waals surface area contributed by atoms with Crippen LogP contribution < -0.4 is 24.7 Å². The Morgan fingerprint density at radius 1 is 0.742 bits per heavy atom. The number of pyridine rings is 1. The van der Waals surface area contributed by atoms with Crippen molar-refractivity contribution < 1.29 is 18.9 Å². The summed E-state index contributed by atoms with van der Waals surface area (Å²) in [6.45, 7) is 0. The van der Waals surface area contributed by atoms with E-state index in [0.717, 1.165) is 22.4 Å². The number of nitrogen functional groups attached to an aromatic ring is 1. The van der Waals surface area contributed by atoms with Crippen LogP contribution in [0.25, 0.3) is 33.4 Å². The number of methoxy groups -OCH3 is 4. The van der Waals surface area contributed by atoms with Crippen molar-refractivity contribution in [3.63, 3.8) is 0 Å². The third-order valence-electron chi connectivity index (χ3n) is 4.99. The van der Waals surface area contributed by atoms with Crippen LogP contribution in [0, 0.1) is 0 Å². The molecule has 0 aliphatic carbocycles. The molecule has 0 atom stereocenters. The molecule has 158 valence electrons. The first-order chi connectivity index (χ1) is 15.1. The van der Waals surface area contributed by atoms with Gasteiger partial charge in [-0.15, -0.1) is 0 Å². The molecule has 0 unspecified atom stereocenters. The quantitative estimate of drug-likeness (QED) is 0.502. The highest BCUT2D eigenvalue weighted by Crippen LogP contribution is 2.43. The molecular formula is C23H22N4O4. The molecule has 31 heavy (non-hydrogen) atoms. The van der Waals surface area contributed by atoms with Gasteiger partial charge in [0.05, 0.1) is 39.5 Å². The lowest BCUT2D eigenvalue weighted by Crippen LogP contribution is -2.00. The summed E-state index contributed by atoms with van der Waals surface area (Å²) in [5, 5.41) is 0.625. The van der Waals surface area contributed by atoms with Crippen molar-refractivity contribution in [2.24, 2.45) is 0 Å². The van der Waals surface area contributed by atoms with Crippen LogP contribution in [-0.4, -0.2) is 43.4 Å². The van der Waals surface area contributed by atoms with Crippen molar-refractivity contribution in [2.75, 3.05) is 34.2 Å². The van der Waals surface area contributed by atoms with Crippen LogP contribution in [0.15, 0.2) is 48.8 Å². The van der Waals surface area contributed by atoms with Gasteiger partial charge in [0.2, 0.25) is 0 Å². The first-order valence-electron chi connectivity index (χ1n) is 9.45. The van der Waals surface area contributed by atoms with E-state index in [-0.39, 0.29) is 0 Å². The van der Waals surface area contributed by atoms with Crippen molar-refractivity contribution in [1.82, 2.24) is 15.0 Å². The number of ether oxygens (including phenoxy) is 4. The van der Waals surface area contributed by atoms with E-state index in [2.05, 4.69) is 9.97 Å². The number of nitrogens with zero attached hydrogens (tertiary/aromatic N) is 3. The number of anilines is 1. The van der Waals surface area contributed by atoms with E-state index in [1.54, 1.807) is 34.5 Å². The summed E-state index contributed by atoms with van der Waals surface area (Å²) in [4.78, 5) is 13.2. The summed E-state index contributed by atoms with van der Waals surface area (Å²) in [5.41, 5.74) is 9.80. The molecule has 2 aromatic carbocycles. The maximum atomic E-state index is 6.24. The average molecular weight is 418 g/mol. The first-order valence-corrected chi connectivity index (χ1v) is 9.45. The molecule has 0 aliphatic rings. The van der Waals surface area contributed by atoms with Crippen LogP contribution in [0.2, 0.25) is 0 Å². The molecule has 2 aromatic heterocycles. The Bertz CT molecular complexity index is 1260. The lowest BCUT2D eigenvalue weighted by atomic mass is 9.98. The van der Waals surface area contributed by atoms with Gasteiger partial charge in [-0.25, -0.2) is 15.0 Å². The number of hydrogen-bond donors (Lipinski definition) is 1. The predicted octanol–water partition coefficient (Wildman–Crippen LogP) is 3.98. The lowest BCUT2D eigenvalue weighted by Gasteiger charge is -2.17. The second-order valence-corrected chi connectivity index (χ2v) is 6.65. The maximum absolute atomic E-state index is 6.24. The molecule has 0 aliphatic heterocycles. The molecule has 2 heterocycles. The number of aromatic nitrogens is 3. The lowest BCUT2D eigenvalue weighted by molar-refractivity contribution is 0.349. The van der Waals surface area contributed by atoms with E-state index in [1.807, 2.05) is 36.4 Å². The van der Waals surface area contributed by atoms with Gasteiger partial charge in [0.25, 0.3) is 0 Å². The molecule has 0 fully saturated rings. The van der Waals surface area contributed by atoms with Gasteiger partial charge < -0.3 is 24.7 Å². The Hall–Kier alpha value is -4.07. The van der Waals surface area contributed by atoms with Crippen molar-refractivity contribution in [3.8, 4) is 45.4 Å². The molecule has 0 radical (unpaired) electrons. The fourth-order valence-corrected chi connectivity index (χ4v) is 3.47. The Labute approximate surface area is 179 Å². The van der Waals surface area contributed by atoms with E-state index in [9.17, 15) is 0 Å². The molecule has 4 rings (SSSR count). The standard InChI is InChI=1S/C23H22N4O4/c1-28-14-7-5-6-13(8-14)17-9-16(21-22(24)25-12-26-23(21)27-17)15-10-19(30-3)20(31-4)11-18(15)29-2/h5-12H,1-4H3,(H2,24,25,26,27). The van der Waals surface area contributed by atoms with Gasteiger partial charge >= 0.3 is 0 Å². The van der Waals surface area contributed by atoms with Crippen LogP contribution in [0.4, 0.5) is 5.82 Å². The summed E-state index contributed by atoms with van der Waals surface area (Å²) in [7, 11) is 6.38. The second-order valence-electron chi connectivity index (χ2n) is 6.65. The molecular weight excluding hydrogens is 396 g/mol. The number of rotatable bonds is 6. The molecule has 0 spiro atoms. The Morgan fingerprint density at radius 2 is 1.48 bits per heavy atom. The summed E-state index contributed by atoms with van der Waals surface area (Å²) in [5.74, 6) is 2.75. The summed E-state index contributed by atoms with van der Waals surface area (Å²) >= 11 is 0. The number of fused-ring (bicyclic) bond motifs is 1. The van der Waals surface area contributed by atoms with Crippen molar-refractivity contribution >= 4 is 16.9 Å². The van der Waals surface area contributed by atoms with E-state index >= 15 is 0 Å². The predicted molar refractivity (Wildman–Crippen MR) is 119 cm³/mol. The SMILES string of the molecule is COc1cccc(-c2cc(-c3cc(OC)c(OC)cc3OC)c3c(N)ncnc3n2)c1. The maximum Gasteiger partial charge on any atom is 0.165 e. The van der Waals surface area contributed by atoms with Crippen LogP contribution in [0.1, 0.15) is 0 Å². The fraction of sp³-hybridized carbons (Fsp3) is 0.174. The Kier molecular flexibility index (Phi) is 5.44. The Morgan fingerprint density at radius 3 is 2.19 bits per heavy atom. The summed E-state index contributed by atoms with van der Waals surface area (Å²) in [6.07, 6.45) is 1.40. The fourth-order valence-electron chi connectivity index (χ4n) is 3.47. The van der Waals surface area contributed by atoms with Gasteiger partial charge in [0.15, 0.2) is 17.1 Å². The second kappa shape index (κ2) is 8.35. The first kappa shape index (κ1) is 20.2. The number of hydrogen-bond acceptors (Lipinski definition) is 8. The molecule has 0 saturated heterocycles. The topological polar surface area (TPSA) is 102 Å². The van der Waals surface area contributed by atoms with E-state index in [0.29, 0.717) is 39.8 Å². The molecule has 2 N–H and O–H groups in total. The third-order valence-corrected chi connectivity index (χ3v) is 4.99. The van der Waals surface area contributed by atoms with Gasteiger partial charge in [0, 0.05) is 22.8 Å². The largest absolute Gasteiger partial charge is 0.497 e. The molecule has 4 aromatic rings. The monoisotopic (exact) mass is 418 g/mol. The van der Waals surface area contributed by atoms with Gasteiger partial charge in [-0.2, -0.15) is 0 Å². The van der Waals surface area contributed by atoms with Crippen LogP contribution in [-0.2, 0) is 0 Å². The number of benzene rings is 2. The van der Waals surface area contributed by atoms with Crippen molar-refractivity contribution in [1.29, 1.82) is 0 Å². The minimum absolute atomic E-state index is 0.321. The zero-order valence-corrected chi connectivity index (χ0v) is 17.7. The molecule has 0 bridgehead atoms. The highest BCUT2D eigenvalue weighted by atomic mass is 16.5. The highest BCUT2D eigenvalue weighted by Gasteiger charge is 2.19. The molecule has 8 nitrogen and oxygen atoms in total. The van der Waals surface area contributed by atoms with Gasteiger partial charge in [-0.3, -0.25) is 0 Å². The number of nitrogens with two attached hydrogens (primary N) is 1. The van der Waals surface area contributed by atoms with Crippen LogP contribution in [0.5, 0.6) is 23.0 Å². The zero-order chi connectivity index (χ0) is 22.0. The molecule has 0 saturated carbocycles. The molecule has 0 amide bonds. The van der Waals surface area contributed by atoms with E-state index < -0.39 is 0 Å². The molecule has 8 heteroatoms. The van der Waals surface area contributed by atoms with Gasteiger partial charge in [-0.05, 0) is 24.3 Å². The Balaban J connectivity index is 2.06. The van der Waals surface area contributed by atoms with E-state index in [1.165, 1.54) is 6.33 Å². The van der Waals surface area contributed by atoms with Crippen LogP contribution >= 0.6 is 0 Å². The summed E-state index contributed by atoms with van der Waals surface area (Å²) < 4.78 is 22.0. The summed E-state index contributed by atoms with van der Waals surface area (Å²) in [6, 6.07) is 13.2. The van der Waals surface area contributed by atoms with Gasteiger partial charge in [0.1, 0.15) is 23.6 Å². The van der Waals surface area contributed by atoms with Crippen molar-refractivity contribution in [3.05, 3.63) is 48.8 Å². The minimum Gasteiger partial charge on any atom is -0.497 e. The van der Waals surface area contributed by atoms with E-state index in [4.69, 9.17) is 29.7 Å². The zero-order valence-electron chi connectivity index (χ0n) is 17.7. The van der Waals surface area contributed by atoms with Crippen molar-refractivity contribution in [2.45, 2.75) is 0 Å². The third kappa shape index (κ3) is 3.63. The average Bonchev–Trinajstić information content (AvgIpc) is 2.82.